The van der Waals surface area contributed by atoms with Crippen LogP contribution in [-0.2, 0) is 0 Å². The zero-order chi connectivity index (χ0) is 24.6. The minimum atomic E-state index is 0.0115. The van der Waals surface area contributed by atoms with Crippen molar-refractivity contribution in [3.05, 3.63) is 70.0 Å². The molecule has 0 fully saturated rings. The van der Waals surface area contributed by atoms with Gasteiger partial charge in [0.15, 0.2) is 22.6 Å². The maximum absolute atomic E-state index is 13.2. The Labute approximate surface area is 207 Å². The van der Waals surface area contributed by atoms with Crippen molar-refractivity contribution in [2.75, 3.05) is 19.8 Å². The summed E-state index contributed by atoms with van der Waals surface area (Å²) in [7, 11) is 3.99. The third-order valence-electron chi connectivity index (χ3n) is 5.80. The SMILES string of the molecule is Cc1cc(-n2c(C)cc(C(=O)CSc3nnc([C@H](C)N(C)C)n3-c3ccc(Cl)cc3)c2C)no1. The molecule has 0 aliphatic heterocycles. The number of carbonyl (C=O) groups is 1. The van der Waals surface area contributed by atoms with E-state index in [0.29, 0.717) is 21.6 Å². The van der Waals surface area contributed by atoms with Gasteiger partial charge in [0.25, 0.3) is 0 Å². The molecule has 0 radical (unpaired) electrons. The summed E-state index contributed by atoms with van der Waals surface area (Å²) in [6.07, 6.45) is 0. The summed E-state index contributed by atoms with van der Waals surface area (Å²) in [5.74, 6) is 2.42. The summed E-state index contributed by atoms with van der Waals surface area (Å²) in [4.78, 5) is 15.3. The molecule has 4 aromatic rings. The number of aromatic nitrogens is 5. The van der Waals surface area contributed by atoms with E-state index in [9.17, 15) is 4.79 Å². The molecule has 0 N–H and O–H groups in total. The fourth-order valence-electron chi connectivity index (χ4n) is 3.77. The second-order valence-corrected chi connectivity index (χ2v) is 9.80. The van der Waals surface area contributed by atoms with E-state index in [4.69, 9.17) is 16.1 Å². The number of ketones is 1. The Morgan fingerprint density at radius 3 is 2.44 bits per heavy atom. The molecule has 0 aliphatic rings. The lowest BCUT2D eigenvalue weighted by Gasteiger charge is -2.20. The molecule has 178 valence electrons. The molecule has 10 heteroatoms. The summed E-state index contributed by atoms with van der Waals surface area (Å²) < 4.78 is 9.13. The molecule has 0 saturated heterocycles. The predicted molar refractivity (Wildman–Crippen MR) is 134 cm³/mol. The molecule has 0 aliphatic carbocycles. The first-order valence-electron chi connectivity index (χ1n) is 10.8. The van der Waals surface area contributed by atoms with Crippen LogP contribution < -0.4 is 0 Å². The van der Waals surface area contributed by atoms with Gasteiger partial charge >= 0.3 is 0 Å². The monoisotopic (exact) mass is 498 g/mol. The Morgan fingerprint density at radius 1 is 1.12 bits per heavy atom. The van der Waals surface area contributed by atoms with Gasteiger partial charge in [0.1, 0.15) is 5.76 Å². The minimum absolute atomic E-state index is 0.0115. The molecule has 0 unspecified atom stereocenters. The topological polar surface area (TPSA) is 82.0 Å². The predicted octanol–water partition coefficient (Wildman–Crippen LogP) is 5.22. The molecule has 3 aromatic heterocycles. The van der Waals surface area contributed by atoms with Crippen LogP contribution in [0.4, 0.5) is 0 Å². The van der Waals surface area contributed by atoms with Crippen molar-refractivity contribution in [2.45, 2.75) is 38.9 Å². The van der Waals surface area contributed by atoms with Crippen molar-refractivity contribution in [3.8, 4) is 11.5 Å². The lowest BCUT2D eigenvalue weighted by molar-refractivity contribution is 0.102. The lowest BCUT2D eigenvalue weighted by Crippen LogP contribution is -2.20. The standard InChI is InChI=1S/C24H27ClN6O2S/c1-14-11-20(16(3)30(14)22-12-15(2)33-28-22)21(32)13-34-24-27-26-23(17(4)29(5)6)31(24)19-9-7-18(25)8-10-19/h7-12,17H,13H2,1-6H3/t17-/m0/s1. The normalized spacial score (nSPS) is 12.5. The lowest BCUT2D eigenvalue weighted by atomic mass is 10.2. The van der Waals surface area contributed by atoms with Gasteiger partial charge in [-0.25, -0.2) is 0 Å². The van der Waals surface area contributed by atoms with Crippen LogP contribution in [0, 0.1) is 20.8 Å². The molecule has 4 rings (SSSR count). The van der Waals surface area contributed by atoms with E-state index in [2.05, 4.69) is 27.2 Å². The van der Waals surface area contributed by atoms with Crippen LogP contribution in [0.15, 0.2) is 46.1 Å². The smallest absolute Gasteiger partial charge is 0.196 e. The van der Waals surface area contributed by atoms with Gasteiger partial charge in [-0.15, -0.1) is 10.2 Å². The number of rotatable bonds is 8. The Morgan fingerprint density at radius 2 is 1.82 bits per heavy atom. The van der Waals surface area contributed by atoms with Gasteiger partial charge in [-0.05, 0) is 72.1 Å². The van der Waals surface area contributed by atoms with E-state index in [1.165, 1.54) is 11.8 Å². The molecular weight excluding hydrogens is 472 g/mol. The number of hydrogen-bond donors (Lipinski definition) is 0. The summed E-state index contributed by atoms with van der Waals surface area (Å²) in [6.45, 7) is 7.78. The highest BCUT2D eigenvalue weighted by Gasteiger charge is 2.23. The van der Waals surface area contributed by atoms with Crippen LogP contribution in [0.25, 0.3) is 11.5 Å². The number of nitrogens with zero attached hydrogens (tertiary/aromatic N) is 6. The van der Waals surface area contributed by atoms with Gasteiger partial charge in [0, 0.05) is 33.7 Å². The van der Waals surface area contributed by atoms with E-state index >= 15 is 0 Å². The largest absolute Gasteiger partial charge is 0.360 e. The first kappa shape index (κ1) is 24.3. The van der Waals surface area contributed by atoms with Crippen LogP contribution in [0.3, 0.4) is 0 Å². The molecular formula is C24H27ClN6O2S. The summed E-state index contributed by atoms with van der Waals surface area (Å²) >= 11 is 7.47. The van der Waals surface area contributed by atoms with E-state index in [1.54, 1.807) is 0 Å². The highest BCUT2D eigenvalue weighted by atomic mass is 35.5. The van der Waals surface area contributed by atoms with Crippen molar-refractivity contribution in [1.29, 1.82) is 0 Å². The van der Waals surface area contributed by atoms with E-state index in [0.717, 1.165) is 28.7 Å². The van der Waals surface area contributed by atoms with Crippen LogP contribution in [0.2, 0.25) is 5.02 Å². The minimum Gasteiger partial charge on any atom is -0.360 e. The molecule has 0 saturated carbocycles. The average molecular weight is 499 g/mol. The molecule has 0 bridgehead atoms. The highest BCUT2D eigenvalue weighted by Crippen LogP contribution is 2.29. The third-order valence-corrected chi connectivity index (χ3v) is 6.98. The third kappa shape index (κ3) is 4.68. The van der Waals surface area contributed by atoms with Gasteiger partial charge in [-0.2, -0.15) is 0 Å². The second kappa shape index (κ2) is 9.77. The zero-order valence-electron chi connectivity index (χ0n) is 20.0. The summed E-state index contributed by atoms with van der Waals surface area (Å²) in [6, 6.07) is 11.3. The number of thioether (sulfide) groups is 1. The van der Waals surface area contributed by atoms with Crippen LogP contribution in [-0.4, -0.2) is 55.0 Å². The quantitative estimate of drug-likeness (QED) is 0.243. The number of Topliss-reactive ketones (excluding diaryl/α,β-unsaturated/α-hetero) is 1. The highest BCUT2D eigenvalue weighted by molar-refractivity contribution is 7.99. The van der Waals surface area contributed by atoms with Gasteiger partial charge in [0.2, 0.25) is 0 Å². The number of hydrogen-bond acceptors (Lipinski definition) is 7. The van der Waals surface area contributed by atoms with Gasteiger partial charge in [-0.3, -0.25) is 18.8 Å². The Balaban J connectivity index is 1.62. The maximum Gasteiger partial charge on any atom is 0.196 e. The summed E-state index contributed by atoms with van der Waals surface area (Å²) in [5.41, 5.74) is 3.31. The fourth-order valence-corrected chi connectivity index (χ4v) is 4.74. The summed E-state index contributed by atoms with van der Waals surface area (Å²) in [5, 5.41) is 14.3. The number of benzene rings is 1. The van der Waals surface area contributed by atoms with Crippen molar-refractivity contribution in [2.24, 2.45) is 0 Å². The van der Waals surface area contributed by atoms with Crippen molar-refractivity contribution < 1.29 is 9.32 Å². The Bertz CT molecular complexity index is 1320. The molecule has 3 heterocycles. The average Bonchev–Trinajstić information content (AvgIpc) is 3.49. The molecule has 0 spiro atoms. The van der Waals surface area contributed by atoms with Gasteiger partial charge < -0.3 is 4.52 Å². The van der Waals surface area contributed by atoms with E-state index in [1.807, 2.05) is 80.4 Å². The van der Waals surface area contributed by atoms with Crippen molar-refractivity contribution in [3.63, 3.8) is 0 Å². The fraction of sp³-hybridized carbons (Fsp3) is 0.333. The first-order valence-corrected chi connectivity index (χ1v) is 12.2. The van der Waals surface area contributed by atoms with Gasteiger partial charge in [-0.1, -0.05) is 28.5 Å². The van der Waals surface area contributed by atoms with Crippen LogP contribution in [0.5, 0.6) is 0 Å². The zero-order valence-corrected chi connectivity index (χ0v) is 21.6. The Hall–Kier alpha value is -2.88. The van der Waals surface area contributed by atoms with Crippen molar-refractivity contribution in [1.82, 2.24) is 29.4 Å². The molecule has 0 amide bonds. The molecule has 1 aromatic carbocycles. The second-order valence-electron chi connectivity index (χ2n) is 8.42. The first-order chi connectivity index (χ1) is 16.2. The number of halogens is 1. The molecule has 34 heavy (non-hydrogen) atoms. The van der Waals surface area contributed by atoms with Crippen LogP contribution in [0.1, 0.15) is 46.3 Å². The van der Waals surface area contributed by atoms with Gasteiger partial charge in [0.05, 0.1) is 11.8 Å². The van der Waals surface area contributed by atoms with E-state index in [-0.39, 0.29) is 17.6 Å². The number of carbonyl (C=O) groups excluding carboxylic acids is 1. The van der Waals surface area contributed by atoms with E-state index < -0.39 is 0 Å². The van der Waals surface area contributed by atoms with Crippen molar-refractivity contribution >= 4 is 29.1 Å². The van der Waals surface area contributed by atoms with Crippen LogP contribution >= 0.6 is 23.4 Å². The molecule has 1 atom stereocenters. The Kier molecular flexibility index (Phi) is 6.97. The maximum atomic E-state index is 13.2. The number of aryl methyl sites for hydroxylation is 2. The molecule has 8 nitrogen and oxygen atoms in total.